The van der Waals surface area contributed by atoms with E-state index in [2.05, 4.69) is 10.3 Å². The minimum atomic E-state index is -4.45. The van der Waals surface area contributed by atoms with Crippen LogP contribution < -0.4 is 5.32 Å². The molecular weight excluding hydrogens is 386 g/mol. The second-order valence-electron chi connectivity index (χ2n) is 6.30. The molecule has 4 nitrogen and oxygen atoms in total. The van der Waals surface area contributed by atoms with Gasteiger partial charge in [0.1, 0.15) is 11.6 Å². The van der Waals surface area contributed by atoms with Crippen LogP contribution in [-0.4, -0.2) is 15.5 Å². The molecule has 0 spiro atoms. The number of halogens is 4. The van der Waals surface area contributed by atoms with Crippen LogP contribution in [0.4, 0.5) is 17.6 Å². The quantitative estimate of drug-likeness (QED) is 0.497. The minimum absolute atomic E-state index is 0.0753. The predicted octanol–water partition coefficient (Wildman–Crippen LogP) is 4.67. The Balaban J connectivity index is 1.62. The highest BCUT2D eigenvalue weighted by molar-refractivity contribution is 5.91. The molecule has 2 aromatic carbocycles. The number of hydrogen-bond donors (Lipinski definition) is 1. The third kappa shape index (κ3) is 5.10. The van der Waals surface area contributed by atoms with E-state index in [9.17, 15) is 22.4 Å². The van der Waals surface area contributed by atoms with Crippen molar-refractivity contribution in [2.75, 3.05) is 0 Å². The van der Waals surface area contributed by atoms with Crippen LogP contribution in [0, 0.1) is 12.7 Å². The molecular formula is C21H17F4N3O. The summed E-state index contributed by atoms with van der Waals surface area (Å²) in [4.78, 5) is 16.0. The number of imidazole rings is 1. The molecule has 1 amide bonds. The fourth-order valence-corrected chi connectivity index (χ4v) is 2.73. The number of hydrogen-bond acceptors (Lipinski definition) is 2. The zero-order chi connectivity index (χ0) is 21.0. The molecule has 0 saturated carbocycles. The molecule has 0 aliphatic heterocycles. The van der Waals surface area contributed by atoms with Gasteiger partial charge in [0.2, 0.25) is 5.91 Å². The number of nitrogens with zero attached hydrogens (tertiary/aromatic N) is 2. The maximum Gasteiger partial charge on any atom is 0.416 e. The average molecular weight is 403 g/mol. The standard InChI is InChI=1S/C21H17F4N3O/c1-14-26-9-10-28(14)19-7-5-16(12-18(19)22)13-27-20(29)8-6-15-3-2-4-17(11-15)21(23,24)25/h2-12H,13H2,1H3,(H,27,29)/b8-6+. The fourth-order valence-electron chi connectivity index (χ4n) is 2.73. The number of aryl methyl sites for hydroxylation is 1. The molecule has 1 N–H and O–H groups in total. The summed E-state index contributed by atoms with van der Waals surface area (Å²) < 4.78 is 54.1. The van der Waals surface area contributed by atoms with Crippen molar-refractivity contribution in [2.24, 2.45) is 0 Å². The van der Waals surface area contributed by atoms with E-state index in [1.54, 1.807) is 36.0 Å². The summed E-state index contributed by atoms with van der Waals surface area (Å²) in [6.45, 7) is 1.83. The molecule has 0 radical (unpaired) electrons. The molecule has 8 heteroatoms. The molecule has 0 atom stereocenters. The number of carbonyl (C=O) groups excluding carboxylic acids is 1. The van der Waals surface area contributed by atoms with E-state index < -0.39 is 23.5 Å². The molecule has 0 aliphatic rings. The van der Waals surface area contributed by atoms with Gasteiger partial charge in [-0.1, -0.05) is 18.2 Å². The zero-order valence-corrected chi connectivity index (χ0v) is 15.4. The summed E-state index contributed by atoms with van der Waals surface area (Å²) in [6, 6.07) is 9.22. The van der Waals surface area contributed by atoms with Crippen molar-refractivity contribution < 1.29 is 22.4 Å². The SMILES string of the molecule is Cc1nccn1-c1ccc(CNC(=O)/C=C/c2cccc(C(F)(F)F)c2)cc1F. The summed E-state index contributed by atoms with van der Waals surface area (Å²) in [5, 5.41) is 2.57. The van der Waals surface area contributed by atoms with Crippen LogP contribution in [0.5, 0.6) is 0 Å². The number of benzene rings is 2. The molecule has 0 fully saturated rings. The van der Waals surface area contributed by atoms with Crippen LogP contribution in [0.1, 0.15) is 22.5 Å². The molecule has 0 aliphatic carbocycles. The first-order chi connectivity index (χ1) is 13.7. The van der Waals surface area contributed by atoms with Crippen LogP contribution in [0.25, 0.3) is 11.8 Å². The second-order valence-corrected chi connectivity index (χ2v) is 6.30. The van der Waals surface area contributed by atoms with E-state index in [1.165, 1.54) is 24.3 Å². The maximum absolute atomic E-state index is 14.4. The highest BCUT2D eigenvalue weighted by Crippen LogP contribution is 2.29. The molecule has 3 aromatic rings. The molecule has 0 unspecified atom stereocenters. The molecule has 3 rings (SSSR count). The van der Waals surface area contributed by atoms with Gasteiger partial charge in [0.25, 0.3) is 0 Å². The van der Waals surface area contributed by atoms with Gasteiger partial charge in [0.15, 0.2) is 0 Å². The van der Waals surface area contributed by atoms with Crippen molar-refractivity contribution in [3.05, 3.63) is 89.3 Å². The highest BCUT2D eigenvalue weighted by atomic mass is 19.4. The summed E-state index contributed by atoms with van der Waals surface area (Å²) in [5.74, 6) is -0.320. The topological polar surface area (TPSA) is 46.9 Å². The number of amides is 1. The van der Waals surface area contributed by atoms with E-state index in [1.807, 2.05) is 0 Å². The van der Waals surface area contributed by atoms with Gasteiger partial charge in [-0.3, -0.25) is 4.79 Å². The number of rotatable bonds is 5. The Bertz CT molecular complexity index is 1050. The van der Waals surface area contributed by atoms with E-state index in [0.29, 0.717) is 17.1 Å². The smallest absolute Gasteiger partial charge is 0.348 e. The van der Waals surface area contributed by atoms with E-state index >= 15 is 0 Å². The highest BCUT2D eigenvalue weighted by Gasteiger charge is 2.30. The molecule has 29 heavy (non-hydrogen) atoms. The Morgan fingerprint density at radius 3 is 2.66 bits per heavy atom. The van der Waals surface area contributed by atoms with Crippen molar-refractivity contribution >= 4 is 12.0 Å². The summed E-state index contributed by atoms with van der Waals surface area (Å²) in [6.07, 6.45) is 1.19. The van der Waals surface area contributed by atoms with Gasteiger partial charge in [-0.25, -0.2) is 9.37 Å². The van der Waals surface area contributed by atoms with Crippen molar-refractivity contribution in [1.82, 2.24) is 14.9 Å². The fraction of sp³-hybridized carbons (Fsp3) is 0.143. The third-order valence-electron chi connectivity index (χ3n) is 4.21. The van der Waals surface area contributed by atoms with E-state index in [-0.39, 0.29) is 12.1 Å². The molecule has 1 heterocycles. The van der Waals surface area contributed by atoms with Crippen LogP contribution >= 0.6 is 0 Å². The first-order valence-corrected chi connectivity index (χ1v) is 8.66. The van der Waals surface area contributed by atoms with Crippen LogP contribution in [0.3, 0.4) is 0 Å². The third-order valence-corrected chi connectivity index (χ3v) is 4.21. The van der Waals surface area contributed by atoms with Crippen molar-refractivity contribution in [3.63, 3.8) is 0 Å². The van der Waals surface area contributed by atoms with Crippen LogP contribution in [0.2, 0.25) is 0 Å². The maximum atomic E-state index is 14.4. The monoisotopic (exact) mass is 403 g/mol. The Morgan fingerprint density at radius 2 is 2.00 bits per heavy atom. The van der Waals surface area contributed by atoms with Gasteiger partial charge in [-0.15, -0.1) is 0 Å². The van der Waals surface area contributed by atoms with E-state index in [4.69, 9.17) is 0 Å². The summed E-state index contributed by atoms with van der Waals surface area (Å²) in [5.41, 5.74) is 0.356. The number of nitrogens with one attached hydrogen (secondary N) is 1. The second kappa shape index (κ2) is 8.30. The lowest BCUT2D eigenvalue weighted by Gasteiger charge is -2.09. The van der Waals surface area contributed by atoms with Gasteiger partial charge in [-0.2, -0.15) is 13.2 Å². The molecule has 1 aromatic heterocycles. The molecule has 0 saturated heterocycles. The van der Waals surface area contributed by atoms with Gasteiger partial charge < -0.3 is 9.88 Å². The largest absolute Gasteiger partial charge is 0.416 e. The average Bonchev–Trinajstić information content (AvgIpc) is 3.10. The summed E-state index contributed by atoms with van der Waals surface area (Å²) >= 11 is 0. The van der Waals surface area contributed by atoms with Crippen molar-refractivity contribution in [2.45, 2.75) is 19.6 Å². The number of aromatic nitrogens is 2. The lowest BCUT2D eigenvalue weighted by atomic mass is 10.1. The van der Waals surface area contributed by atoms with E-state index in [0.717, 1.165) is 18.2 Å². The van der Waals surface area contributed by atoms with Crippen LogP contribution in [-0.2, 0) is 17.5 Å². The predicted molar refractivity (Wildman–Crippen MR) is 101 cm³/mol. The zero-order valence-electron chi connectivity index (χ0n) is 15.4. The number of carbonyl (C=O) groups is 1. The normalized spacial score (nSPS) is 11.8. The van der Waals surface area contributed by atoms with Gasteiger partial charge >= 0.3 is 6.18 Å². The first kappa shape index (κ1) is 20.3. The molecule has 0 bridgehead atoms. The Morgan fingerprint density at radius 1 is 1.21 bits per heavy atom. The Labute approximate surface area is 164 Å². The first-order valence-electron chi connectivity index (χ1n) is 8.66. The van der Waals surface area contributed by atoms with Crippen LogP contribution in [0.15, 0.2) is 60.9 Å². The van der Waals surface area contributed by atoms with Gasteiger partial charge in [0, 0.05) is 25.0 Å². The molecule has 150 valence electrons. The lowest BCUT2D eigenvalue weighted by molar-refractivity contribution is -0.137. The van der Waals surface area contributed by atoms with Gasteiger partial charge in [-0.05, 0) is 48.4 Å². The Hall–Kier alpha value is -3.42. The van der Waals surface area contributed by atoms with Gasteiger partial charge in [0.05, 0.1) is 11.3 Å². The summed E-state index contributed by atoms with van der Waals surface area (Å²) in [7, 11) is 0. The number of alkyl halides is 3. The Kier molecular flexibility index (Phi) is 5.81. The van der Waals surface area contributed by atoms with Crippen molar-refractivity contribution in [1.29, 1.82) is 0 Å². The minimum Gasteiger partial charge on any atom is -0.348 e. The lowest BCUT2D eigenvalue weighted by Crippen LogP contribution is -2.20. The van der Waals surface area contributed by atoms with Crippen molar-refractivity contribution in [3.8, 4) is 5.69 Å².